The summed E-state index contributed by atoms with van der Waals surface area (Å²) in [5, 5.41) is 2.05. The molecule has 2 aromatic carbocycles. The minimum absolute atomic E-state index is 0.0212. The summed E-state index contributed by atoms with van der Waals surface area (Å²) < 4.78 is 28.4. The summed E-state index contributed by atoms with van der Waals surface area (Å²) in [6.45, 7) is 2.13. The molecule has 0 heterocycles. The summed E-state index contributed by atoms with van der Waals surface area (Å²) in [7, 11) is 0. The van der Waals surface area contributed by atoms with E-state index in [1.165, 1.54) is 0 Å². The fraction of sp³-hybridized carbons (Fsp3) is 0.240. The van der Waals surface area contributed by atoms with Gasteiger partial charge in [0.05, 0.1) is 16.1 Å². The molecular weight excluding hydrogens is 384 g/mol. The van der Waals surface area contributed by atoms with Crippen LogP contribution in [0.1, 0.15) is 43.7 Å². The third kappa shape index (κ3) is 5.15. The lowest BCUT2D eigenvalue weighted by Gasteiger charge is -2.27. The molecule has 0 N–H and O–H groups in total. The first-order valence-corrected chi connectivity index (χ1v) is 10.0. The van der Waals surface area contributed by atoms with Crippen LogP contribution in [-0.2, 0) is 0 Å². The van der Waals surface area contributed by atoms with E-state index >= 15 is 0 Å². The molecule has 1 nitrogen and oxygen atoms in total. The zero-order valence-corrected chi connectivity index (χ0v) is 17.0. The number of rotatable bonds is 5. The number of thiocarbonyl (C=S) groups is 1. The summed E-state index contributed by atoms with van der Waals surface area (Å²) >= 11 is 4.46. The molecule has 0 saturated heterocycles. The second kappa shape index (κ2) is 9.56. The summed E-state index contributed by atoms with van der Waals surface area (Å²) in [6, 6.07) is 12.2. The molecular formula is C25H21F2NS. The third-order valence-electron chi connectivity index (χ3n) is 5.00. The molecule has 0 amide bonds. The molecule has 0 saturated carbocycles. The quantitative estimate of drug-likeness (QED) is 0.289. The molecule has 1 atom stereocenters. The van der Waals surface area contributed by atoms with Gasteiger partial charge in [-0.15, -0.1) is 0 Å². The van der Waals surface area contributed by atoms with Gasteiger partial charge in [0.25, 0.3) is 0 Å². The molecule has 146 valence electrons. The molecule has 29 heavy (non-hydrogen) atoms. The van der Waals surface area contributed by atoms with Gasteiger partial charge >= 0.3 is 0 Å². The van der Waals surface area contributed by atoms with Crippen molar-refractivity contribution in [2.45, 2.75) is 32.6 Å². The first kappa shape index (κ1) is 20.9. The Hall–Kier alpha value is -2.86. The molecule has 1 unspecified atom stereocenters. The molecule has 0 aromatic heterocycles. The van der Waals surface area contributed by atoms with Crippen LogP contribution in [0.5, 0.6) is 0 Å². The fourth-order valence-electron chi connectivity index (χ4n) is 3.31. The van der Waals surface area contributed by atoms with Crippen LogP contribution in [0.25, 0.3) is 5.57 Å². The maximum Gasteiger partial charge on any atom is 0.151 e. The lowest BCUT2D eigenvalue weighted by molar-refractivity contribution is 0.451. The Morgan fingerprint density at radius 3 is 2.59 bits per heavy atom. The minimum atomic E-state index is -0.666. The minimum Gasteiger partial charge on any atom is -0.206 e. The van der Waals surface area contributed by atoms with E-state index in [2.05, 4.69) is 71.5 Å². The summed E-state index contributed by atoms with van der Waals surface area (Å²) in [5.41, 5.74) is 1.77. The van der Waals surface area contributed by atoms with Crippen molar-refractivity contribution in [3.8, 4) is 11.8 Å². The third-order valence-corrected chi connectivity index (χ3v) is 5.09. The van der Waals surface area contributed by atoms with E-state index in [0.29, 0.717) is 0 Å². The molecule has 0 fully saturated rings. The van der Waals surface area contributed by atoms with Gasteiger partial charge in [0, 0.05) is 6.07 Å². The Kier molecular flexibility index (Phi) is 6.88. The maximum atomic E-state index is 14.3. The normalized spacial score (nSPS) is 17.7. The molecule has 4 heteroatoms. The van der Waals surface area contributed by atoms with Crippen LogP contribution in [0, 0.1) is 28.9 Å². The lowest BCUT2D eigenvalue weighted by Crippen LogP contribution is -2.17. The second-order valence-corrected chi connectivity index (χ2v) is 7.24. The van der Waals surface area contributed by atoms with Crippen molar-refractivity contribution in [2.75, 3.05) is 0 Å². The summed E-state index contributed by atoms with van der Waals surface area (Å²) in [6.07, 6.45) is 10.0. The maximum absolute atomic E-state index is 14.3. The summed E-state index contributed by atoms with van der Waals surface area (Å²) in [5.74, 6) is 4.80. The van der Waals surface area contributed by atoms with Gasteiger partial charge in [-0.25, -0.2) is 8.78 Å². The number of hydrogen-bond donors (Lipinski definition) is 0. The van der Waals surface area contributed by atoms with Crippen LogP contribution in [0.15, 0.2) is 65.7 Å². The van der Waals surface area contributed by atoms with E-state index in [1.54, 1.807) is 0 Å². The molecule has 3 rings (SSSR count). The van der Waals surface area contributed by atoms with E-state index in [1.807, 2.05) is 18.2 Å². The topological polar surface area (TPSA) is 12.4 Å². The van der Waals surface area contributed by atoms with Crippen LogP contribution in [0.3, 0.4) is 0 Å². The Morgan fingerprint density at radius 2 is 1.93 bits per heavy atom. The van der Waals surface area contributed by atoms with E-state index in [9.17, 15) is 8.78 Å². The predicted octanol–water partition coefficient (Wildman–Crippen LogP) is 7.27. The van der Waals surface area contributed by atoms with Gasteiger partial charge in [0.1, 0.15) is 11.5 Å². The Balaban J connectivity index is 1.91. The van der Waals surface area contributed by atoms with Gasteiger partial charge in [-0.05, 0) is 42.3 Å². The van der Waals surface area contributed by atoms with E-state index in [0.717, 1.165) is 49.0 Å². The van der Waals surface area contributed by atoms with Gasteiger partial charge < -0.3 is 0 Å². The largest absolute Gasteiger partial charge is 0.206 e. The zero-order valence-electron chi connectivity index (χ0n) is 16.2. The molecule has 0 spiro atoms. The molecule has 1 aliphatic rings. The van der Waals surface area contributed by atoms with E-state index in [-0.39, 0.29) is 16.7 Å². The zero-order chi connectivity index (χ0) is 20.7. The Morgan fingerprint density at radius 1 is 1.14 bits per heavy atom. The number of benzene rings is 2. The average Bonchev–Trinajstić information content (AvgIpc) is 2.75. The van der Waals surface area contributed by atoms with Crippen molar-refractivity contribution in [3.05, 3.63) is 83.5 Å². The molecule has 1 aliphatic carbocycles. The van der Waals surface area contributed by atoms with Gasteiger partial charge in [0.2, 0.25) is 0 Å². The first-order chi connectivity index (χ1) is 14.1. The highest BCUT2D eigenvalue weighted by Crippen LogP contribution is 2.37. The number of unbranched alkanes of at least 4 members (excludes halogenated alkanes) is 1. The van der Waals surface area contributed by atoms with Crippen LogP contribution >= 0.6 is 12.2 Å². The van der Waals surface area contributed by atoms with Crippen molar-refractivity contribution < 1.29 is 8.78 Å². The van der Waals surface area contributed by atoms with Crippen molar-refractivity contribution in [1.29, 1.82) is 0 Å². The van der Waals surface area contributed by atoms with Gasteiger partial charge in [-0.1, -0.05) is 80.2 Å². The van der Waals surface area contributed by atoms with Crippen molar-refractivity contribution in [1.82, 2.24) is 0 Å². The van der Waals surface area contributed by atoms with Crippen molar-refractivity contribution in [3.63, 3.8) is 0 Å². The van der Waals surface area contributed by atoms with Crippen LogP contribution < -0.4 is 0 Å². The lowest BCUT2D eigenvalue weighted by atomic mass is 9.76. The van der Waals surface area contributed by atoms with Crippen LogP contribution in [0.4, 0.5) is 14.5 Å². The molecule has 0 aliphatic heterocycles. The van der Waals surface area contributed by atoms with Crippen LogP contribution in [0.2, 0.25) is 0 Å². The van der Waals surface area contributed by atoms with E-state index in [4.69, 9.17) is 0 Å². The number of nitrogens with zero attached hydrogens (tertiary/aromatic N) is 1. The Labute approximate surface area is 175 Å². The second-order valence-electron chi connectivity index (χ2n) is 7.06. The van der Waals surface area contributed by atoms with Crippen molar-refractivity contribution in [2.24, 2.45) is 10.4 Å². The Bertz CT molecular complexity index is 1050. The number of halogens is 2. The highest BCUT2D eigenvalue weighted by atomic mass is 32.1. The van der Waals surface area contributed by atoms with E-state index < -0.39 is 11.6 Å². The highest BCUT2D eigenvalue weighted by Gasteiger charge is 2.26. The predicted molar refractivity (Wildman–Crippen MR) is 118 cm³/mol. The fourth-order valence-corrected chi connectivity index (χ4v) is 3.41. The van der Waals surface area contributed by atoms with Gasteiger partial charge in [-0.3, -0.25) is 0 Å². The number of isothiocyanates is 1. The number of allylic oxidation sites excluding steroid dienone is 4. The summed E-state index contributed by atoms with van der Waals surface area (Å²) in [4.78, 5) is 3.53. The molecule has 0 radical (unpaired) electrons. The number of aliphatic imine (C=N–C) groups is 1. The molecule has 2 aromatic rings. The average molecular weight is 406 g/mol. The smallest absolute Gasteiger partial charge is 0.151 e. The highest BCUT2D eigenvalue weighted by molar-refractivity contribution is 7.78. The van der Waals surface area contributed by atoms with Gasteiger partial charge in [0.15, 0.2) is 5.82 Å². The standard InChI is InChI=1S/C25H21F2NS/c1-2-3-12-25(13-9-20(10-14-25)19-7-5-4-6-8-19)15-11-21-16-23(27)24(28-18-29)17-22(21)26/h4-10,13,16-17H,2-3,12,14H2,1H3. The SMILES string of the molecule is CCCCC1(C#Cc2cc(F)c(N=C=S)cc2F)C=CC(c2ccccc2)=CC1. The number of hydrogen-bond acceptors (Lipinski definition) is 2. The van der Waals surface area contributed by atoms with Gasteiger partial charge in [-0.2, -0.15) is 4.99 Å². The van der Waals surface area contributed by atoms with Crippen LogP contribution in [-0.4, -0.2) is 5.16 Å². The molecule has 0 bridgehead atoms. The van der Waals surface area contributed by atoms with Crippen molar-refractivity contribution >= 4 is 28.6 Å². The monoisotopic (exact) mass is 405 g/mol. The first-order valence-electron chi connectivity index (χ1n) is 9.62.